The molecular weight excluding hydrogens is 348 g/mol. The number of hydrogen-bond donors (Lipinski definition) is 0. The molecule has 7 heteroatoms. The van der Waals surface area contributed by atoms with Crippen LogP contribution < -0.4 is 9.47 Å². The molecule has 0 radical (unpaired) electrons. The van der Waals surface area contributed by atoms with Crippen molar-refractivity contribution in [3.8, 4) is 11.5 Å². The summed E-state index contributed by atoms with van der Waals surface area (Å²) in [6, 6.07) is 7.71. The Morgan fingerprint density at radius 3 is 2.73 bits per heavy atom. The van der Waals surface area contributed by atoms with Gasteiger partial charge in [0, 0.05) is 6.54 Å². The van der Waals surface area contributed by atoms with Crippen LogP contribution in [0.4, 0.5) is 0 Å². The predicted molar refractivity (Wildman–Crippen MR) is 102 cm³/mol. The maximum atomic E-state index is 6.15. The molecule has 26 heavy (non-hydrogen) atoms. The average Bonchev–Trinajstić information content (AvgIpc) is 2.98. The van der Waals surface area contributed by atoms with E-state index in [1.54, 1.807) is 0 Å². The lowest BCUT2D eigenvalue weighted by atomic mass is 10.1. The Morgan fingerprint density at radius 1 is 1.19 bits per heavy atom. The van der Waals surface area contributed by atoms with Crippen molar-refractivity contribution in [2.45, 2.75) is 38.6 Å². The maximum absolute atomic E-state index is 6.15. The van der Waals surface area contributed by atoms with Crippen LogP contribution in [0.1, 0.15) is 31.2 Å². The number of fused-ring (bicyclic) bond motifs is 1. The summed E-state index contributed by atoms with van der Waals surface area (Å²) in [5.41, 5.74) is 0. The Labute approximate surface area is 158 Å². The van der Waals surface area contributed by atoms with Gasteiger partial charge in [0.05, 0.1) is 6.67 Å². The number of hydrogen-bond acceptors (Lipinski definition) is 5. The lowest BCUT2D eigenvalue weighted by Crippen LogP contribution is -2.32. The van der Waals surface area contributed by atoms with Crippen LogP contribution >= 0.6 is 12.2 Å². The van der Waals surface area contributed by atoms with Crippen molar-refractivity contribution in [3.05, 3.63) is 47.5 Å². The fourth-order valence-corrected chi connectivity index (χ4v) is 3.79. The van der Waals surface area contributed by atoms with Crippen molar-refractivity contribution < 1.29 is 9.47 Å². The van der Waals surface area contributed by atoms with Gasteiger partial charge in [0.1, 0.15) is 6.61 Å². The van der Waals surface area contributed by atoms with Crippen molar-refractivity contribution in [1.82, 2.24) is 19.2 Å². The molecule has 4 rings (SSSR count). The van der Waals surface area contributed by atoms with Crippen LogP contribution in [-0.4, -0.2) is 38.9 Å². The molecular formula is C19H24N4O2S. The van der Waals surface area contributed by atoms with Crippen LogP contribution in [-0.2, 0) is 13.2 Å². The SMILES string of the molecule is C=CCn1c([C@@H]2COc3ccccc3O2)nn(CN2CCCCC2)c1=S. The number of benzene rings is 1. The average molecular weight is 372 g/mol. The Hall–Kier alpha value is -2.12. The van der Waals surface area contributed by atoms with E-state index in [0.29, 0.717) is 17.9 Å². The third kappa shape index (κ3) is 3.41. The Morgan fingerprint density at radius 2 is 1.96 bits per heavy atom. The van der Waals surface area contributed by atoms with E-state index in [0.717, 1.165) is 37.1 Å². The first-order valence-electron chi connectivity index (χ1n) is 9.15. The standard InChI is InChI=1S/C19H24N4O2S/c1-2-10-22-18(17-13-24-15-8-4-5-9-16(15)25-17)20-23(19(22)26)14-21-11-6-3-7-12-21/h2,4-5,8-9,17H,1,3,6-7,10-14H2/t17-/m0/s1. The number of aromatic nitrogens is 3. The summed E-state index contributed by atoms with van der Waals surface area (Å²) in [5, 5.41) is 4.80. The van der Waals surface area contributed by atoms with Crippen LogP contribution in [0.2, 0.25) is 0 Å². The second-order valence-electron chi connectivity index (χ2n) is 6.72. The van der Waals surface area contributed by atoms with Gasteiger partial charge in [-0.2, -0.15) is 5.10 Å². The van der Waals surface area contributed by atoms with Crippen molar-refractivity contribution >= 4 is 12.2 Å². The number of para-hydroxylation sites is 2. The highest BCUT2D eigenvalue weighted by atomic mass is 32.1. The van der Waals surface area contributed by atoms with Gasteiger partial charge in [-0.1, -0.05) is 24.6 Å². The Kier molecular flexibility index (Phi) is 5.08. The van der Waals surface area contributed by atoms with E-state index in [1.165, 1.54) is 19.3 Å². The first kappa shape index (κ1) is 17.3. The van der Waals surface area contributed by atoms with Crippen molar-refractivity contribution in [2.75, 3.05) is 19.7 Å². The van der Waals surface area contributed by atoms with Gasteiger partial charge >= 0.3 is 0 Å². The largest absolute Gasteiger partial charge is 0.485 e. The van der Waals surface area contributed by atoms with Gasteiger partial charge in [-0.25, -0.2) is 4.68 Å². The Balaban J connectivity index is 1.61. The van der Waals surface area contributed by atoms with E-state index >= 15 is 0 Å². The van der Waals surface area contributed by atoms with Gasteiger partial charge in [-0.05, 0) is 50.3 Å². The van der Waals surface area contributed by atoms with Crippen LogP contribution in [0.25, 0.3) is 0 Å². The molecule has 0 bridgehead atoms. The van der Waals surface area contributed by atoms with Crippen LogP contribution in [0.5, 0.6) is 11.5 Å². The number of likely N-dealkylation sites (tertiary alicyclic amines) is 1. The number of ether oxygens (including phenoxy) is 2. The second-order valence-corrected chi connectivity index (χ2v) is 7.09. The number of allylic oxidation sites excluding steroid dienone is 1. The third-order valence-electron chi connectivity index (χ3n) is 4.84. The number of nitrogens with zero attached hydrogens (tertiary/aromatic N) is 4. The molecule has 138 valence electrons. The smallest absolute Gasteiger partial charge is 0.199 e. The molecule has 0 unspecified atom stereocenters. The summed E-state index contributed by atoms with van der Waals surface area (Å²) in [4.78, 5) is 2.40. The number of piperidine rings is 1. The first-order chi connectivity index (χ1) is 12.8. The molecule has 0 amide bonds. The van der Waals surface area contributed by atoms with Crippen molar-refractivity contribution in [1.29, 1.82) is 0 Å². The van der Waals surface area contributed by atoms with Crippen molar-refractivity contribution in [3.63, 3.8) is 0 Å². The molecule has 2 aromatic rings. The topological polar surface area (TPSA) is 44.5 Å². The molecule has 1 fully saturated rings. The van der Waals surface area contributed by atoms with Gasteiger partial charge in [0.25, 0.3) is 0 Å². The highest BCUT2D eigenvalue weighted by Crippen LogP contribution is 2.35. The second kappa shape index (κ2) is 7.63. The third-order valence-corrected chi connectivity index (χ3v) is 5.27. The molecule has 0 aliphatic carbocycles. The summed E-state index contributed by atoms with van der Waals surface area (Å²) in [6.45, 7) is 7.81. The lowest BCUT2D eigenvalue weighted by Gasteiger charge is -2.26. The van der Waals surface area contributed by atoms with Gasteiger partial charge < -0.3 is 9.47 Å². The van der Waals surface area contributed by atoms with Gasteiger partial charge in [-0.15, -0.1) is 6.58 Å². The molecule has 1 atom stereocenters. The molecule has 2 aliphatic heterocycles. The zero-order valence-corrected chi connectivity index (χ0v) is 15.7. The van der Waals surface area contributed by atoms with E-state index in [9.17, 15) is 0 Å². The van der Waals surface area contributed by atoms with Gasteiger partial charge in [0.2, 0.25) is 0 Å². The van der Waals surface area contributed by atoms with Gasteiger partial charge in [-0.3, -0.25) is 9.47 Å². The Bertz CT molecular complexity index is 838. The highest BCUT2D eigenvalue weighted by Gasteiger charge is 2.28. The van der Waals surface area contributed by atoms with Crippen LogP contribution in [0.15, 0.2) is 36.9 Å². The minimum absolute atomic E-state index is 0.283. The van der Waals surface area contributed by atoms with E-state index < -0.39 is 0 Å². The minimum Gasteiger partial charge on any atom is -0.485 e. The summed E-state index contributed by atoms with van der Waals surface area (Å²) in [7, 11) is 0. The zero-order chi connectivity index (χ0) is 17.9. The molecule has 0 saturated carbocycles. The lowest BCUT2D eigenvalue weighted by molar-refractivity contribution is 0.0815. The molecule has 3 heterocycles. The highest BCUT2D eigenvalue weighted by molar-refractivity contribution is 7.71. The molecule has 1 aromatic heterocycles. The summed E-state index contributed by atoms with van der Waals surface area (Å²) in [5.74, 6) is 2.30. The number of rotatable bonds is 5. The first-order valence-corrected chi connectivity index (χ1v) is 9.56. The molecule has 0 spiro atoms. The molecule has 2 aliphatic rings. The fraction of sp³-hybridized carbons (Fsp3) is 0.474. The maximum Gasteiger partial charge on any atom is 0.199 e. The monoisotopic (exact) mass is 372 g/mol. The summed E-state index contributed by atoms with van der Waals surface area (Å²) >= 11 is 5.69. The predicted octanol–water partition coefficient (Wildman–Crippen LogP) is 3.56. The van der Waals surface area contributed by atoms with Gasteiger partial charge in [0.15, 0.2) is 28.2 Å². The summed E-state index contributed by atoms with van der Waals surface area (Å²) < 4.78 is 16.6. The summed E-state index contributed by atoms with van der Waals surface area (Å²) in [6.07, 6.45) is 5.34. The molecule has 1 saturated heterocycles. The van der Waals surface area contributed by atoms with E-state index in [-0.39, 0.29) is 6.10 Å². The normalized spacial score (nSPS) is 20.1. The van der Waals surface area contributed by atoms with E-state index in [4.69, 9.17) is 26.8 Å². The molecule has 6 nitrogen and oxygen atoms in total. The fourth-order valence-electron chi connectivity index (χ4n) is 3.53. The zero-order valence-electron chi connectivity index (χ0n) is 14.8. The van der Waals surface area contributed by atoms with Crippen molar-refractivity contribution in [2.24, 2.45) is 0 Å². The molecule has 0 N–H and O–H groups in total. The van der Waals surface area contributed by atoms with E-state index in [2.05, 4.69) is 11.5 Å². The molecule has 1 aromatic carbocycles. The van der Waals surface area contributed by atoms with E-state index in [1.807, 2.05) is 39.6 Å². The minimum atomic E-state index is -0.283. The van der Waals surface area contributed by atoms with Crippen LogP contribution in [0.3, 0.4) is 0 Å². The quantitative estimate of drug-likeness (QED) is 0.593. The van der Waals surface area contributed by atoms with Crippen LogP contribution in [0, 0.1) is 4.77 Å².